The molecule has 0 saturated heterocycles. The second-order valence-corrected chi connectivity index (χ2v) is 5.78. The fraction of sp³-hybridized carbons (Fsp3) is 0.588. The molecule has 1 aromatic rings. The Balaban J connectivity index is 0.00000220. The monoisotopic (exact) mass is 310 g/mol. The summed E-state index contributed by atoms with van der Waals surface area (Å²) in [5.41, 5.74) is 8.73. The molecule has 0 fully saturated rings. The molecule has 0 aliphatic heterocycles. The van der Waals surface area contributed by atoms with E-state index in [1.807, 2.05) is 12.1 Å². The highest BCUT2D eigenvalue weighted by Crippen LogP contribution is 2.26. The van der Waals surface area contributed by atoms with Crippen LogP contribution in [0.2, 0.25) is 0 Å². The molecule has 0 bridgehead atoms. The first kappa shape index (κ1) is 18.0. The summed E-state index contributed by atoms with van der Waals surface area (Å²) >= 11 is 0. The molecule has 1 amide bonds. The summed E-state index contributed by atoms with van der Waals surface area (Å²) in [6.45, 7) is 6.82. The van der Waals surface area contributed by atoms with Gasteiger partial charge in [0, 0.05) is 11.6 Å². The van der Waals surface area contributed by atoms with E-state index in [1.165, 1.54) is 43.5 Å². The normalized spacial score (nSPS) is 17.2. The van der Waals surface area contributed by atoms with Crippen LogP contribution in [0.15, 0.2) is 18.2 Å². The van der Waals surface area contributed by atoms with E-state index in [0.717, 1.165) is 12.8 Å². The molecule has 0 radical (unpaired) electrons. The second-order valence-electron chi connectivity index (χ2n) is 5.78. The van der Waals surface area contributed by atoms with Crippen molar-refractivity contribution in [2.75, 3.05) is 13.1 Å². The van der Waals surface area contributed by atoms with Gasteiger partial charge in [-0.15, -0.1) is 12.4 Å². The highest BCUT2D eigenvalue weighted by molar-refractivity contribution is 5.93. The number of hydrogen-bond acceptors (Lipinski definition) is 2. The maximum Gasteiger partial charge on any atom is 0.248 e. The molecule has 1 aliphatic rings. The Hall–Kier alpha value is -1.06. The molecule has 0 saturated carbocycles. The minimum absolute atomic E-state index is 0. The van der Waals surface area contributed by atoms with E-state index in [0.29, 0.717) is 11.6 Å². The number of fused-ring (bicyclic) bond motifs is 1. The van der Waals surface area contributed by atoms with E-state index in [1.54, 1.807) is 0 Å². The lowest BCUT2D eigenvalue weighted by Gasteiger charge is -2.35. The zero-order chi connectivity index (χ0) is 14.5. The number of benzene rings is 1. The Bertz CT molecular complexity index is 470. The van der Waals surface area contributed by atoms with Crippen molar-refractivity contribution in [3.63, 3.8) is 0 Å². The van der Waals surface area contributed by atoms with Gasteiger partial charge in [0.25, 0.3) is 0 Å². The Morgan fingerprint density at radius 1 is 1.24 bits per heavy atom. The first-order chi connectivity index (χ1) is 9.65. The molecular weight excluding hydrogens is 284 g/mol. The van der Waals surface area contributed by atoms with E-state index < -0.39 is 0 Å². The number of aryl methyl sites for hydroxylation is 1. The molecule has 2 rings (SSSR count). The number of carbonyl (C=O) groups excluding carboxylic acids is 1. The third kappa shape index (κ3) is 4.45. The predicted octanol–water partition coefficient (Wildman–Crippen LogP) is 3.19. The SMILES string of the molecule is CCCN(CCC)[C@H]1CCc2ccc(C(N)=O)cc2C1.Cl. The Kier molecular flexibility index (Phi) is 7.20. The lowest BCUT2D eigenvalue weighted by molar-refractivity contribution is 0.1000. The van der Waals surface area contributed by atoms with Crippen LogP contribution in [0.5, 0.6) is 0 Å². The molecule has 3 nitrogen and oxygen atoms in total. The molecule has 1 atom stereocenters. The standard InChI is InChI=1S/C17H26N2O.ClH/c1-3-9-19(10-4-2)16-8-7-13-5-6-14(17(18)20)11-15(13)12-16;/h5-6,11,16H,3-4,7-10,12H2,1-2H3,(H2,18,20);1H/t16-;/m0./s1. The van der Waals surface area contributed by atoms with Gasteiger partial charge in [-0.05, 0) is 68.5 Å². The van der Waals surface area contributed by atoms with E-state index in [2.05, 4.69) is 24.8 Å². The van der Waals surface area contributed by atoms with Crippen molar-refractivity contribution < 1.29 is 4.79 Å². The Morgan fingerprint density at radius 2 is 1.90 bits per heavy atom. The summed E-state index contributed by atoms with van der Waals surface area (Å²) in [4.78, 5) is 13.9. The van der Waals surface area contributed by atoms with Gasteiger partial charge in [0.15, 0.2) is 0 Å². The van der Waals surface area contributed by atoms with Crippen LogP contribution in [0.3, 0.4) is 0 Å². The van der Waals surface area contributed by atoms with Gasteiger partial charge >= 0.3 is 0 Å². The number of hydrogen-bond donors (Lipinski definition) is 1. The highest BCUT2D eigenvalue weighted by atomic mass is 35.5. The van der Waals surface area contributed by atoms with E-state index in [-0.39, 0.29) is 18.3 Å². The first-order valence-electron chi connectivity index (χ1n) is 7.81. The van der Waals surface area contributed by atoms with Crippen LogP contribution in [0.25, 0.3) is 0 Å². The average Bonchev–Trinajstić information content (AvgIpc) is 2.45. The minimum Gasteiger partial charge on any atom is -0.366 e. The molecule has 0 aromatic heterocycles. The van der Waals surface area contributed by atoms with Crippen molar-refractivity contribution in [1.29, 1.82) is 0 Å². The predicted molar refractivity (Wildman–Crippen MR) is 90.2 cm³/mol. The minimum atomic E-state index is -0.325. The molecule has 21 heavy (non-hydrogen) atoms. The van der Waals surface area contributed by atoms with Crippen LogP contribution in [0.4, 0.5) is 0 Å². The van der Waals surface area contributed by atoms with Crippen molar-refractivity contribution in [3.8, 4) is 0 Å². The fourth-order valence-electron chi connectivity index (χ4n) is 3.25. The van der Waals surface area contributed by atoms with Gasteiger partial charge in [-0.25, -0.2) is 0 Å². The quantitative estimate of drug-likeness (QED) is 0.877. The maximum absolute atomic E-state index is 11.3. The van der Waals surface area contributed by atoms with E-state index in [9.17, 15) is 4.79 Å². The zero-order valence-corrected chi connectivity index (χ0v) is 13.9. The number of nitrogens with two attached hydrogens (primary N) is 1. The van der Waals surface area contributed by atoms with Crippen molar-refractivity contribution >= 4 is 18.3 Å². The molecule has 4 heteroatoms. The third-order valence-electron chi connectivity index (χ3n) is 4.23. The van der Waals surface area contributed by atoms with Crippen LogP contribution in [-0.2, 0) is 12.8 Å². The van der Waals surface area contributed by atoms with Crippen LogP contribution in [-0.4, -0.2) is 29.9 Å². The molecule has 1 aliphatic carbocycles. The van der Waals surface area contributed by atoms with Crippen molar-refractivity contribution in [2.24, 2.45) is 5.73 Å². The number of halogens is 1. The Morgan fingerprint density at radius 3 is 2.48 bits per heavy atom. The van der Waals surface area contributed by atoms with Gasteiger partial charge in [0.2, 0.25) is 5.91 Å². The number of carbonyl (C=O) groups is 1. The van der Waals surface area contributed by atoms with Crippen molar-refractivity contribution in [3.05, 3.63) is 34.9 Å². The summed E-state index contributed by atoms with van der Waals surface area (Å²) in [5.74, 6) is -0.325. The van der Waals surface area contributed by atoms with E-state index >= 15 is 0 Å². The highest BCUT2D eigenvalue weighted by Gasteiger charge is 2.23. The van der Waals surface area contributed by atoms with Crippen molar-refractivity contribution in [2.45, 2.75) is 52.0 Å². The largest absolute Gasteiger partial charge is 0.366 e. The van der Waals surface area contributed by atoms with E-state index in [4.69, 9.17) is 5.73 Å². The molecule has 1 aromatic carbocycles. The van der Waals surface area contributed by atoms with Crippen LogP contribution < -0.4 is 5.73 Å². The molecular formula is C17H27ClN2O. The molecule has 2 N–H and O–H groups in total. The zero-order valence-electron chi connectivity index (χ0n) is 13.1. The summed E-state index contributed by atoms with van der Waals surface area (Å²) in [7, 11) is 0. The Labute approximate surface area is 134 Å². The van der Waals surface area contributed by atoms with Gasteiger partial charge < -0.3 is 10.6 Å². The summed E-state index contributed by atoms with van der Waals surface area (Å²) in [6, 6.07) is 6.55. The number of rotatable bonds is 6. The van der Waals surface area contributed by atoms with Gasteiger partial charge in [-0.2, -0.15) is 0 Å². The molecule has 0 heterocycles. The maximum atomic E-state index is 11.3. The smallest absolute Gasteiger partial charge is 0.248 e. The molecule has 118 valence electrons. The first-order valence-corrected chi connectivity index (χ1v) is 7.81. The average molecular weight is 311 g/mol. The van der Waals surface area contributed by atoms with Gasteiger partial charge in [0.05, 0.1) is 0 Å². The number of amides is 1. The lowest BCUT2D eigenvalue weighted by Crippen LogP contribution is -2.40. The number of nitrogens with zero attached hydrogens (tertiary/aromatic N) is 1. The summed E-state index contributed by atoms with van der Waals surface area (Å²) in [6.07, 6.45) is 5.79. The third-order valence-corrected chi connectivity index (χ3v) is 4.23. The topological polar surface area (TPSA) is 46.3 Å². The summed E-state index contributed by atoms with van der Waals surface area (Å²) in [5, 5.41) is 0. The van der Waals surface area contributed by atoms with Crippen LogP contribution in [0, 0.1) is 0 Å². The number of primary amides is 1. The second kappa shape index (κ2) is 8.40. The van der Waals surface area contributed by atoms with Crippen molar-refractivity contribution in [1.82, 2.24) is 4.90 Å². The molecule has 0 spiro atoms. The van der Waals surface area contributed by atoms with Gasteiger partial charge in [-0.1, -0.05) is 19.9 Å². The summed E-state index contributed by atoms with van der Waals surface area (Å²) < 4.78 is 0. The van der Waals surface area contributed by atoms with Gasteiger partial charge in [-0.3, -0.25) is 4.79 Å². The molecule has 0 unspecified atom stereocenters. The van der Waals surface area contributed by atoms with Gasteiger partial charge in [0.1, 0.15) is 0 Å². The van der Waals surface area contributed by atoms with Crippen LogP contribution in [0.1, 0.15) is 54.6 Å². The lowest BCUT2D eigenvalue weighted by atomic mass is 9.86. The van der Waals surface area contributed by atoms with Crippen LogP contribution >= 0.6 is 12.4 Å². The fourth-order valence-corrected chi connectivity index (χ4v) is 3.25.